The molecule has 0 saturated carbocycles. The van der Waals surface area contributed by atoms with Gasteiger partial charge in [-0.2, -0.15) is 5.26 Å². The number of carbonyl (C=O) groups is 1. The number of hydrogen-bond donors (Lipinski definition) is 1. The van der Waals surface area contributed by atoms with E-state index in [1.54, 1.807) is 6.92 Å². The monoisotopic (exact) mass is 394 g/mol. The Bertz CT molecular complexity index is 789. The zero-order chi connectivity index (χ0) is 20.7. The normalized spacial score (nSPS) is 23.3. The Labute approximate surface area is 173 Å². The van der Waals surface area contributed by atoms with Crippen molar-refractivity contribution in [2.24, 2.45) is 5.73 Å². The Morgan fingerprint density at radius 1 is 1.28 bits per heavy atom. The first-order valence-electron chi connectivity index (χ1n) is 10.3. The fourth-order valence-corrected chi connectivity index (χ4v) is 3.71. The van der Waals surface area contributed by atoms with E-state index < -0.39 is 11.6 Å². The molecule has 29 heavy (non-hydrogen) atoms. The van der Waals surface area contributed by atoms with E-state index in [1.165, 1.54) is 0 Å². The lowest BCUT2D eigenvalue weighted by Crippen LogP contribution is -2.52. The second-order valence-corrected chi connectivity index (χ2v) is 7.72. The van der Waals surface area contributed by atoms with E-state index in [-0.39, 0.29) is 5.91 Å². The number of benzene rings is 1. The van der Waals surface area contributed by atoms with Gasteiger partial charge in [0.05, 0.1) is 12.6 Å². The van der Waals surface area contributed by atoms with Crippen LogP contribution in [0.4, 0.5) is 0 Å². The van der Waals surface area contributed by atoms with Crippen LogP contribution in [0.2, 0.25) is 0 Å². The minimum Gasteiger partial charge on any atom is -0.356 e. The largest absolute Gasteiger partial charge is 0.356 e. The van der Waals surface area contributed by atoms with Gasteiger partial charge >= 0.3 is 0 Å². The van der Waals surface area contributed by atoms with Crippen LogP contribution in [0.25, 0.3) is 5.57 Å². The summed E-state index contributed by atoms with van der Waals surface area (Å²) in [7, 11) is 0. The van der Waals surface area contributed by atoms with Gasteiger partial charge in [0, 0.05) is 39.1 Å². The summed E-state index contributed by atoms with van der Waals surface area (Å²) >= 11 is 0. The van der Waals surface area contributed by atoms with Crippen molar-refractivity contribution in [3.63, 3.8) is 0 Å². The molecule has 1 saturated heterocycles. The fourth-order valence-electron chi connectivity index (χ4n) is 3.71. The molecule has 2 atom stereocenters. The molecule has 0 spiro atoms. The van der Waals surface area contributed by atoms with Crippen LogP contribution in [0.15, 0.2) is 48.6 Å². The van der Waals surface area contributed by atoms with Crippen molar-refractivity contribution in [3.8, 4) is 6.07 Å². The third-order valence-corrected chi connectivity index (χ3v) is 5.51. The summed E-state index contributed by atoms with van der Waals surface area (Å²) in [5, 5.41) is 9.66. The van der Waals surface area contributed by atoms with E-state index in [0.29, 0.717) is 13.0 Å². The molecule has 0 bridgehead atoms. The van der Waals surface area contributed by atoms with Crippen LogP contribution in [0.3, 0.4) is 0 Å². The number of nitriles is 1. The lowest BCUT2D eigenvalue weighted by atomic mass is 9.90. The second-order valence-electron chi connectivity index (χ2n) is 7.72. The summed E-state index contributed by atoms with van der Waals surface area (Å²) in [6.45, 7) is 6.31. The maximum atomic E-state index is 11.9. The van der Waals surface area contributed by atoms with Gasteiger partial charge in [-0.25, -0.2) is 0 Å². The van der Waals surface area contributed by atoms with E-state index in [2.05, 4.69) is 29.2 Å². The number of nitrogens with two attached hydrogens (primary N) is 1. The standard InChI is InChI=1S/C23H30N4O2/c1-19(25)22(28)27-15-13-26(14-16-27)12-5-17-29-23(18-24)10-8-21(9-11-23)20-6-3-2-4-7-20/h2-4,6-10,19H,5,11-17,25H2,1H3/t19-,23?/m1/s1. The molecule has 2 aliphatic rings. The van der Waals surface area contributed by atoms with Crippen LogP contribution in [0.5, 0.6) is 0 Å². The molecule has 1 amide bonds. The predicted molar refractivity (Wildman–Crippen MR) is 114 cm³/mol. The summed E-state index contributed by atoms with van der Waals surface area (Å²) in [6, 6.07) is 12.1. The molecule has 1 aromatic carbocycles. The lowest BCUT2D eigenvalue weighted by Gasteiger charge is -2.35. The Morgan fingerprint density at radius 3 is 2.59 bits per heavy atom. The minimum absolute atomic E-state index is 0.0240. The Hall–Kier alpha value is -2.46. The topological polar surface area (TPSA) is 82.6 Å². The van der Waals surface area contributed by atoms with Gasteiger partial charge in [-0.3, -0.25) is 9.69 Å². The number of allylic oxidation sites excluding steroid dienone is 2. The van der Waals surface area contributed by atoms with Gasteiger partial charge in [0.1, 0.15) is 6.07 Å². The first-order valence-corrected chi connectivity index (χ1v) is 10.3. The molecule has 2 N–H and O–H groups in total. The predicted octanol–water partition coefficient (Wildman–Crippen LogP) is 2.19. The number of carbonyl (C=O) groups excluding carboxylic acids is 1. The average molecular weight is 395 g/mol. The van der Waals surface area contributed by atoms with Crippen LogP contribution < -0.4 is 5.73 Å². The number of ether oxygens (including phenoxy) is 1. The summed E-state index contributed by atoms with van der Waals surface area (Å²) in [5.74, 6) is 0.0240. The Kier molecular flexibility index (Phi) is 7.21. The molecule has 0 aromatic heterocycles. The van der Waals surface area contributed by atoms with Gasteiger partial charge in [0.25, 0.3) is 0 Å². The van der Waals surface area contributed by atoms with Gasteiger partial charge in [0.15, 0.2) is 5.60 Å². The Balaban J connectivity index is 1.40. The molecule has 1 aliphatic heterocycles. The molecule has 1 unspecified atom stereocenters. The zero-order valence-electron chi connectivity index (χ0n) is 17.1. The maximum absolute atomic E-state index is 11.9. The van der Waals surface area contributed by atoms with Crippen molar-refractivity contribution in [2.75, 3.05) is 39.3 Å². The van der Waals surface area contributed by atoms with E-state index in [1.807, 2.05) is 35.3 Å². The van der Waals surface area contributed by atoms with Gasteiger partial charge in [-0.1, -0.05) is 42.5 Å². The third kappa shape index (κ3) is 5.54. The summed E-state index contributed by atoms with van der Waals surface area (Å²) in [4.78, 5) is 16.1. The van der Waals surface area contributed by atoms with Crippen LogP contribution in [0, 0.1) is 11.3 Å². The smallest absolute Gasteiger partial charge is 0.239 e. The first kappa shape index (κ1) is 21.3. The molecule has 6 heteroatoms. The van der Waals surface area contributed by atoms with Gasteiger partial charge in [0.2, 0.25) is 5.91 Å². The van der Waals surface area contributed by atoms with Crippen molar-refractivity contribution >= 4 is 11.5 Å². The van der Waals surface area contributed by atoms with E-state index in [4.69, 9.17) is 10.5 Å². The number of amides is 1. The first-order chi connectivity index (χ1) is 14.0. The highest BCUT2D eigenvalue weighted by molar-refractivity contribution is 5.81. The summed E-state index contributed by atoms with van der Waals surface area (Å²) < 4.78 is 5.99. The average Bonchev–Trinajstić information content (AvgIpc) is 2.77. The molecular formula is C23H30N4O2. The highest BCUT2D eigenvalue weighted by atomic mass is 16.5. The molecule has 1 heterocycles. The minimum atomic E-state index is -0.874. The van der Waals surface area contributed by atoms with Crippen LogP contribution in [-0.4, -0.2) is 66.7 Å². The summed E-state index contributed by atoms with van der Waals surface area (Å²) in [6.07, 6.45) is 7.35. The molecule has 154 valence electrons. The van der Waals surface area contributed by atoms with Gasteiger partial charge in [-0.05, 0) is 30.6 Å². The molecule has 3 rings (SSSR count). The summed E-state index contributed by atoms with van der Waals surface area (Å²) in [5.41, 5.74) is 7.08. The molecule has 1 aliphatic carbocycles. The lowest BCUT2D eigenvalue weighted by molar-refractivity contribution is -0.134. The van der Waals surface area contributed by atoms with Gasteiger partial charge < -0.3 is 15.4 Å². The number of nitrogens with zero attached hydrogens (tertiary/aromatic N) is 3. The van der Waals surface area contributed by atoms with Crippen LogP contribution in [-0.2, 0) is 9.53 Å². The van der Waals surface area contributed by atoms with Crippen LogP contribution in [0.1, 0.15) is 25.3 Å². The maximum Gasteiger partial charge on any atom is 0.239 e. The van der Waals surface area contributed by atoms with Crippen molar-refractivity contribution in [1.29, 1.82) is 5.26 Å². The van der Waals surface area contributed by atoms with Gasteiger partial charge in [-0.15, -0.1) is 0 Å². The van der Waals surface area contributed by atoms with Crippen LogP contribution >= 0.6 is 0 Å². The van der Waals surface area contributed by atoms with E-state index >= 15 is 0 Å². The van der Waals surface area contributed by atoms with Crippen molar-refractivity contribution < 1.29 is 9.53 Å². The molecular weight excluding hydrogens is 364 g/mol. The van der Waals surface area contributed by atoms with Crippen molar-refractivity contribution in [2.45, 2.75) is 31.4 Å². The highest BCUT2D eigenvalue weighted by Gasteiger charge is 2.29. The number of piperazine rings is 1. The molecule has 0 radical (unpaired) electrons. The molecule has 6 nitrogen and oxygen atoms in total. The zero-order valence-corrected chi connectivity index (χ0v) is 17.1. The highest BCUT2D eigenvalue weighted by Crippen LogP contribution is 2.29. The SMILES string of the molecule is C[C@@H](N)C(=O)N1CCN(CCCOC2(C#N)C=CC(c3ccccc3)=CC2)CC1. The molecule has 1 fully saturated rings. The van der Waals surface area contributed by atoms with E-state index in [9.17, 15) is 10.1 Å². The second kappa shape index (κ2) is 9.84. The molecule has 1 aromatic rings. The number of hydrogen-bond acceptors (Lipinski definition) is 5. The quantitative estimate of drug-likeness (QED) is 0.717. The Morgan fingerprint density at radius 2 is 2.00 bits per heavy atom. The third-order valence-electron chi connectivity index (χ3n) is 5.51. The van der Waals surface area contributed by atoms with E-state index in [0.717, 1.165) is 50.3 Å². The van der Waals surface area contributed by atoms with Crippen molar-refractivity contribution in [3.05, 3.63) is 54.1 Å². The fraction of sp³-hybridized carbons (Fsp3) is 0.478. The van der Waals surface area contributed by atoms with Crippen molar-refractivity contribution in [1.82, 2.24) is 9.80 Å². The number of rotatable bonds is 7.